The predicted octanol–water partition coefficient (Wildman–Crippen LogP) is 4.67. The van der Waals surface area contributed by atoms with Crippen molar-refractivity contribution in [1.82, 2.24) is 10.6 Å². The number of amides is 2. The van der Waals surface area contributed by atoms with Crippen molar-refractivity contribution in [2.24, 2.45) is 0 Å². The molecule has 0 saturated carbocycles. The molecule has 2 amide bonds. The Morgan fingerprint density at radius 3 is 2.51 bits per heavy atom. The van der Waals surface area contributed by atoms with Gasteiger partial charge in [0, 0.05) is 17.9 Å². The van der Waals surface area contributed by atoms with E-state index in [0.717, 1.165) is 5.56 Å². The van der Waals surface area contributed by atoms with Crippen molar-refractivity contribution >= 4 is 29.3 Å². The van der Waals surface area contributed by atoms with Gasteiger partial charge in [-0.2, -0.15) is 5.26 Å². The summed E-state index contributed by atoms with van der Waals surface area (Å²) < 4.78 is 10.8. The van der Waals surface area contributed by atoms with Crippen LogP contribution in [0.4, 0.5) is 5.69 Å². The summed E-state index contributed by atoms with van der Waals surface area (Å²) >= 11 is 1.21. The van der Waals surface area contributed by atoms with Crippen molar-refractivity contribution in [3.8, 4) is 11.8 Å². The van der Waals surface area contributed by atoms with Crippen LogP contribution in [0.5, 0.6) is 5.75 Å². The fraction of sp³-hybridized carbons (Fsp3) is 0.179. The Kier molecular flexibility index (Phi) is 8.33. The quantitative estimate of drug-likeness (QED) is 0.380. The number of methoxy groups -OCH3 is 1. The van der Waals surface area contributed by atoms with Crippen molar-refractivity contribution in [2.75, 3.05) is 18.2 Å². The van der Waals surface area contributed by atoms with Crippen LogP contribution in [-0.2, 0) is 16.1 Å². The first-order chi connectivity index (χ1) is 18.0. The van der Waals surface area contributed by atoms with Crippen LogP contribution in [0, 0.1) is 11.3 Å². The van der Waals surface area contributed by atoms with E-state index >= 15 is 0 Å². The second kappa shape index (κ2) is 12.0. The third-order valence-corrected chi connectivity index (χ3v) is 6.76. The molecule has 2 aromatic carbocycles. The van der Waals surface area contributed by atoms with E-state index in [-0.39, 0.29) is 17.6 Å². The maximum absolute atomic E-state index is 13.4. The van der Waals surface area contributed by atoms with Gasteiger partial charge >= 0.3 is 0 Å². The topological polar surface area (TPSA) is 116 Å². The number of hydrogen-bond acceptors (Lipinski definition) is 7. The molecule has 1 atom stereocenters. The second-order valence-corrected chi connectivity index (χ2v) is 9.19. The van der Waals surface area contributed by atoms with Crippen molar-refractivity contribution < 1.29 is 18.7 Å². The van der Waals surface area contributed by atoms with Crippen molar-refractivity contribution in [3.63, 3.8) is 0 Å². The number of rotatable bonds is 9. The summed E-state index contributed by atoms with van der Waals surface area (Å²) in [5.41, 5.74) is 2.82. The minimum absolute atomic E-state index is 0.103. The van der Waals surface area contributed by atoms with Gasteiger partial charge in [0.15, 0.2) is 0 Å². The Balaban J connectivity index is 1.53. The molecule has 3 aromatic rings. The lowest BCUT2D eigenvalue weighted by Gasteiger charge is -2.28. The number of furan rings is 1. The summed E-state index contributed by atoms with van der Waals surface area (Å²) in [6, 6.07) is 22.3. The molecular weight excluding hydrogens is 488 g/mol. The molecule has 1 aliphatic rings. The third-order valence-electron chi connectivity index (χ3n) is 5.75. The van der Waals surface area contributed by atoms with E-state index in [2.05, 4.69) is 22.0 Å². The number of nitrogens with one attached hydrogen (secondary N) is 3. The standard InChI is InChI=1S/C28H26N4O4S/c1-18-25(27(34)32-20-10-12-21(35-2)13-11-20)26(23-9-6-14-36-23)22(15-29)28(31-18)37-17-24(33)30-16-19-7-4-3-5-8-19/h3-14,26,31H,16-17H2,1-2H3,(H,30,33)(H,32,34). The van der Waals surface area contributed by atoms with Crippen LogP contribution in [-0.4, -0.2) is 24.7 Å². The molecule has 4 rings (SSSR count). The van der Waals surface area contributed by atoms with Crippen molar-refractivity contribution in [3.05, 3.63) is 106 Å². The lowest BCUT2D eigenvalue weighted by molar-refractivity contribution is -0.118. The fourth-order valence-corrected chi connectivity index (χ4v) is 4.85. The minimum atomic E-state index is -0.727. The zero-order valence-corrected chi connectivity index (χ0v) is 21.2. The number of nitriles is 1. The number of carbonyl (C=O) groups excluding carboxylic acids is 2. The fourth-order valence-electron chi connectivity index (χ4n) is 3.93. The second-order valence-electron chi connectivity index (χ2n) is 8.20. The number of thioether (sulfide) groups is 1. The Morgan fingerprint density at radius 2 is 1.86 bits per heavy atom. The number of benzene rings is 2. The smallest absolute Gasteiger partial charge is 0.254 e. The molecule has 0 spiro atoms. The molecule has 37 heavy (non-hydrogen) atoms. The zero-order chi connectivity index (χ0) is 26.2. The molecule has 0 saturated heterocycles. The average Bonchev–Trinajstić information content (AvgIpc) is 3.46. The SMILES string of the molecule is COc1ccc(NC(=O)C2=C(C)NC(SCC(=O)NCc3ccccc3)=C(C#N)C2c2ccco2)cc1. The van der Waals surface area contributed by atoms with Gasteiger partial charge in [-0.15, -0.1) is 0 Å². The van der Waals surface area contributed by atoms with E-state index in [0.29, 0.717) is 45.6 Å². The lowest BCUT2D eigenvalue weighted by atomic mass is 9.85. The molecule has 8 nitrogen and oxygen atoms in total. The molecule has 0 fully saturated rings. The number of nitrogens with zero attached hydrogens (tertiary/aromatic N) is 1. The first-order valence-electron chi connectivity index (χ1n) is 11.5. The third kappa shape index (κ3) is 6.23. The summed E-state index contributed by atoms with van der Waals surface area (Å²) in [4.78, 5) is 25.9. The number of ether oxygens (including phenoxy) is 1. The first-order valence-corrected chi connectivity index (χ1v) is 12.5. The number of hydrogen-bond donors (Lipinski definition) is 3. The van der Waals surface area contributed by atoms with E-state index < -0.39 is 5.92 Å². The van der Waals surface area contributed by atoms with Gasteiger partial charge in [0.05, 0.1) is 47.3 Å². The zero-order valence-electron chi connectivity index (χ0n) is 20.4. The van der Waals surface area contributed by atoms with Gasteiger partial charge in [-0.1, -0.05) is 42.1 Å². The van der Waals surface area contributed by atoms with E-state index in [1.54, 1.807) is 50.4 Å². The molecule has 3 N–H and O–H groups in total. The van der Waals surface area contributed by atoms with E-state index in [4.69, 9.17) is 9.15 Å². The first kappa shape index (κ1) is 25.7. The highest BCUT2D eigenvalue weighted by Crippen LogP contribution is 2.41. The summed E-state index contributed by atoms with van der Waals surface area (Å²) in [5.74, 6) is -0.0245. The highest BCUT2D eigenvalue weighted by atomic mass is 32.2. The van der Waals surface area contributed by atoms with Gasteiger partial charge in [-0.3, -0.25) is 9.59 Å². The van der Waals surface area contributed by atoms with E-state index in [1.165, 1.54) is 18.0 Å². The summed E-state index contributed by atoms with van der Waals surface area (Å²) in [6.45, 7) is 2.19. The molecule has 2 heterocycles. The Bertz CT molecular complexity index is 1360. The van der Waals surface area contributed by atoms with E-state index in [1.807, 2.05) is 30.3 Å². The highest BCUT2D eigenvalue weighted by molar-refractivity contribution is 8.03. The molecule has 188 valence electrons. The van der Waals surface area contributed by atoms with Crippen LogP contribution in [0.25, 0.3) is 0 Å². The number of carbonyl (C=O) groups is 2. The molecular formula is C28H26N4O4S. The maximum atomic E-state index is 13.4. The molecule has 9 heteroatoms. The van der Waals surface area contributed by atoms with Gasteiger partial charge in [0.2, 0.25) is 5.91 Å². The van der Waals surface area contributed by atoms with Crippen molar-refractivity contribution in [2.45, 2.75) is 19.4 Å². The van der Waals surface area contributed by atoms with E-state index in [9.17, 15) is 14.9 Å². The monoisotopic (exact) mass is 514 g/mol. The summed E-state index contributed by atoms with van der Waals surface area (Å²) in [6.07, 6.45) is 1.50. The van der Waals surface area contributed by atoms with Gasteiger partial charge in [0.25, 0.3) is 5.91 Å². The average molecular weight is 515 g/mol. The summed E-state index contributed by atoms with van der Waals surface area (Å²) in [5, 5.41) is 19.6. The van der Waals surface area contributed by atoms with Crippen LogP contribution in [0.3, 0.4) is 0 Å². The molecule has 1 aliphatic heterocycles. The van der Waals surface area contributed by atoms with Crippen LogP contribution in [0.2, 0.25) is 0 Å². The van der Waals surface area contributed by atoms with Gasteiger partial charge in [-0.05, 0) is 48.9 Å². The van der Waals surface area contributed by atoms with Gasteiger partial charge in [-0.25, -0.2) is 0 Å². The van der Waals surface area contributed by atoms with Crippen molar-refractivity contribution in [1.29, 1.82) is 5.26 Å². The molecule has 0 aliphatic carbocycles. The number of allylic oxidation sites excluding steroid dienone is 2. The Morgan fingerprint density at radius 1 is 1.11 bits per heavy atom. The lowest BCUT2D eigenvalue weighted by Crippen LogP contribution is -2.31. The maximum Gasteiger partial charge on any atom is 0.254 e. The minimum Gasteiger partial charge on any atom is -0.497 e. The normalized spacial score (nSPS) is 15.0. The van der Waals surface area contributed by atoms with Crippen LogP contribution < -0.4 is 20.7 Å². The highest BCUT2D eigenvalue weighted by Gasteiger charge is 2.36. The van der Waals surface area contributed by atoms with Gasteiger partial charge in [0.1, 0.15) is 11.5 Å². The molecule has 1 unspecified atom stereocenters. The predicted molar refractivity (Wildman–Crippen MR) is 142 cm³/mol. The molecule has 0 bridgehead atoms. The Labute approximate surface area is 219 Å². The largest absolute Gasteiger partial charge is 0.497 e. The van der Waals surface area contributed by atoms with Crippen LogP contribution in [0.1, 0.15) is 24.2 Å². The molecule has 1 aromatic heterocycles. The number of anilines is 1. The Hall–Kier alpha value is -4.42. The number of dihydropyridines is 1. The summed E-state index contributed by atoms with van der Waals surface area (Å²) in [7, 11) is 1.57. The van der Waals surface area contributed by atoms with Gasteiger partial charge < -0.3 is 25.1 Å². The van der Waals surface area contributed by atoms with Crippen LogP contribution in [0.15, 0.2) is 99.3 Å². The van der Waals surface area contributed by atoms with Crippen LogP contribution >= 0.6 is 11.8 Å². The molecule has 0 radical (unpaired) electrons.